The number of nitro benzene ring substituents is 1. The Labute approximate surface area is 143 Å². The summed E-state index contributed by atoms with van der Waals surface area (Å²) in [7, 11) is 0. The molecule has 1 aliphatic carbocycles. The molecule has 1 aromatic rings. The minimum atomic E-state index is -0.456. The zero-order chi connectivity index (χ0) is 17.7. The van der Waals surface area contributed by atoms with Gasteiger partial charge in [-0.2, -0.15) is 0 Å². The Hall–Kier alpha value is -1.95. The molecule has 0 heterocycles. The first-order valence-corrected chi connectivity index (χ1v) is 8.66. The second kappa shape index (κ2) is 8.24. The summed E-state index contributed by atoms with van der Waals surface area (Å²) in [4.78, 5) is 22.5. The number of hydrogen-bond donors (Lipinski definition) is 2. The maximum atomic E-state index is 12.1. The second-order valence-electron chi connectivity index (χ2n) is 6.88. The predicted molar refractivity (Wildman–Crippen MR) is 95.0 cm³/mol. The highest BCUT2D eigenvalue weighted by atomic mass is 16.6. The number of nitro groups is 1. The standard InChI is InChI=1S/C18H27N3O3/c1-12-5-4-6-16(14(12)3)19-10-9-18(22)20-17-11-15(21(23)24)8-7-13(17)2/h7-8,11-12,14,16,19H,4-6,9-10H2,1-3H3,(H,20,22). The number of nitrogens with one attached hydrogen (secondary N) is 2. The number of amides is 1. The van der Waals surface area contributed by atoms with Crippen LogP contribution in [0.2, 0.25) is 0 Å². The summed E-state index contributed by atoms with van der Waals surface area (Å²) in [6, 6.07) is 4.97. The van der Waals surface area contributed by atoms with Crippen LogP contribution in [0.4, 0.5) is 11.4 Å². The van der Waals surface area contributed by atoms with E-state index in [1.165, 1.54) is 25.0 Å². The first-order chi connectivity index (χ1) is 11.4. The number of carbonyl (C=O) groups excluding carboxylic acids is 1. The molecule has 0 aromatic heterocycles. The summed E-state index contributed by atoms with van der Waals surface area (Å²) >= 11 is 0. The smallest absolute Gasteiger partial charge is 0.271 e. The van der Waals surface area contributed by atoms with E-state index in [-0.39, 0.29) is 11.6 Å². The highest BCUT2D eigenvalue weighted by Crippen LogP contribution is 2.29. The zero-order valence-electron chi connectivity index (χ0n) is 14.7. The molecule has 132 valence electrons. The average Bonchev–Trinajstić information content (AvgIpc) is 2.53. The minimum absolute atomic E-state index is 0.0148. The van der Waals surface area contributed by atoms with Crippen LogP contribution in [0.5, 0.6) is 0 Å². The van der Waals surface area contributed by atoms with Crippen LogP contribution >= 0.6 is 0 Å². The van der Waals surface area contributed by atoms with Crippen molar-refractivity contribution in [2.24, 2.45) is 11.8 Å². The van der Waals surface area contributed by atoms with E-state index in [1.54, 1.807) is 6.07 Å². The van der Waals surface area contributed by atoms with Gasteiger partial charge < -0.3 is 10.6 Å². The van der Waals surface area contributed by atoms with Gasteiger partial charge in [-0.25, -0.2) is 0 Å². The Kier molecular flexibility index (Phi) is 6.31. The Bertz CT molecular complexity index is 603. The molecule has 1 aromatic carbocycles. The quantitative estimate of drug-likeness (QED) is 0.615. The lowest BCUT2D eigenvalue weighted by atomic mass is 9.78. The molecule has 1 saturated carbocycles. The molecule has 0 aliphatic heterocycles. The molecule has 2 rings (SSSR count). The molecular weight excluding hydrogens is 306 g/mol. The van der Waals surface area contributed by atoms with Crippen LogP contribution in [0, 0.1) is 28.9 Å². The normalized spacial score (nSPS) is 23.7. The van der Waals surface area contributed by atoms with Crippen LogP contribution in [0.15, 0.2) is 18.2 Å². The molecule has 3 unspecified atom stereocenters. The van der Waals surface area contributed by atoms with Crippen molar-refractivity contribution < 1.29 is 9.72 Å². The number of anilines is 1. The van der Waals surface area contributed by atoms with E-state index in [0.717, 1.165) is 17.9 Å². The summed E-state index contributed by atoms with van der Waals surface area (Å²) in [6.45, 7) is 7.01. The van der Waals surface area contributed by atoms with Crippen LogP contribution < -0.4 is 10.6 Å². The maximum absolute atomic E-state index is 12.1. The molecule has 0 spiro atoms. The van der Waals surface area contributed by atoms with Gasteiger partial charge in [-0.15, -0.1) is 0 Å². The fraction of sp³-hybridized carbons (Fsp3) is 0.611. The molecule has 2 N–H and O–H groups in total. The highest BCUT2D eigenvalue weighted by molar-refractivity contribution is 5.92. The molecular formula is C18H27N3O3. The SMILES string of the molecule is Cc1ccc([N+](=O)[O-])cc1NC(=O)CCNC1CCCC(C)C1C. The van der Waals surface area contributed by atoms with Crippen molar-refractivity contribution in [2.75, 3.05) is 11.9 Å². The Morgan fingerprint density at radius 2 is 2.08 bits per heavy atom. The summed E-state index contributed by atoms with van der Waals surface area (Å²) in [6.07, 6.45) is 4.05. The number of rotatable bonds is 6. The lowest BCUT2D eigenvalue weighted by Crippen LogP contribution is -2.41. The molecule has 1 amide bonds. The number of hydrogen-bond acceptors (Lipinski definition) is 4. The Balaban J connectivity index is 1.83. The third-order valence-corrected chi connectivity index (χ3v) is 5.17. The maximum Gasteiger partial charge on any atom is 0.271 e. The fourth-order valence-corrected chi connectivity index (χ4v) is 3.31. The molecule has 6 heteroatoms. The van der Waals surface area contributed by atoms with Crippen molar-refractivity contribution in [1.29, 1.82) is 0 Å². The summed E-state index contributed by atoms with van der Waals surface area (Å²) < 4.78 is 0. The third-order valence-electron chi connectivity index (χ3n) is 5.17. The molecule has 1 fully saturated rings. The van der Waals surface area contributed by atoms with E-state index in [9.17, 15) is 14.9 Å². The monoisotopic (exact) mass is 333 g/mol. The number of non-ortho nitro benzene ring substituents is 1. The molecule has 3 atom stereocenters. The van der Waals surface area contributed by atoms with Gasteiger partial charge in [-0.3, -0.25) is 14.9 Å². The predicted octanol–water partition coefficient (Wildman–Crippen LogP) is 3.65. The van der Waals surface area contributed by atoms with Crippen molar-refractivity contribution in [2.45, 2.75) is 52.5 Å². The zero-order valence-corrected chi connectivity index (χ0v) is 14.7. The van der Waals surface area contributed by atoms with E-state index in [4.69, 9.17) is 0 Å². The largest absolute Gasteiger partial charge is 0.326 e. The van der Waals surface area contributed by atoms with Crippen molar-refractivity contribution in [1.82, 2.24) is 5.32 Å². The molecule has 6 nitrogen and oxygen atoms in total. The minimum Gasteiger partial charge on any atom is -0.326 e. The molecule has 24 heavy (non-hydrogen) atoms. The Morgan fingerprint density at radius 1 is 1.33 bits per heavy atom. The van der Waals surface area contributed by atoms with Crippen LogP contribution in [-0.4, -0.2) is 23.4 Å². The lowest BCUT2D eigenvalue weighted by Gasteiger charge is -2.34. The van der Waals surface area contributed by atoms with Gasteiger partial charge in [0, 0.05) is 31.1 Å². The van der Waals surface area contributed by atoms with Gasteiger partial charge in [0.1, 0.15) is 0 Å². The molecule has 0 saturated heterocycles. The van der Waals surface area contributed by atoms with Crippen LogP contribution in [0.1, 0.15) is 45.1 Å². The topological polar surface area (TPSA) is 84.3 Å². The highest BCUT2D eigenvalue weighted by Gasteiger charge is 2.26. The number of carbonyl (C=O) groups is 1. The number of aryl methyl sites for hydroxylation is 1. The van der Waals surface area contributed by atoms with Gasteiger partial charge >= 0.3 is 0 Å². The van der Waals surface area contributed by atoms with E-state index < -0.39 is 4.92 Å². The van der Waals surface area contributed by atoms with Gasteiger partial charge in [0.05, 0.1) is 10.6 Å². The third kappa shape index (κ3) is 4.77. The first-order valence-electron chi connectivity index (χ1n) is 8.66. The number of benzene rings is 1. The van der Waals surface area contributed by atoms with Gasteiger partial charge in [-0.05, 0) is 30.7 Å². The van der Waals surface area contributed by atoms with Gasteiger partial charge in [0.25, 0.3) is 5.69 Å². The summed E-state index contributed by atoms with van der Waals surface area (Å²) in [5.41, 5.74) is 1.31. The van der Waals surface area contributed by atoms with Gasteiger partial charge in [-0.1, -0.05) is 32.8 Å². The van der Waals surface area contributed by atoms with E-state index in [2.05, 4.69) is 24.5 Å². The lowest BCUT2D eigenvalue weighted by molar-refractivity contribution is -0.384. The van der Waals surface area contributed by atoms with Crippen LogP contribution in [0.25, 0.3) is 0 Å². The van der Waals surface area contributed by atoms with Crippen molar-refractivity contribution in [3.63, 3.8) is 0 Å². The van der Waals surface area contributed by atoms with Crippen LogP contribution in [-0.2, 0) is 4.79 Å². The van der Waals surface area contributed by atoms with Crippen molar-refractivity contribution in [3.8, 4) is 0 Å². The second-order valence-corrected chi connectivity index (χ2v) is 6.88. The summed E-state index contributed by atoms with van der Waals surface area (Å²) in [5, 5.41) is 17.1. The van der Waals surface area contributed by atoms with Crippen LogP contribution in [0.3, 0.4) is 0 Å². The Morgan fingerprint density at radius 3 is 2.79 bits per heavy atom. The van der Waals surface area contributed by atoms with Gasteiger partial charge in [0.15, 0.2) is 0 Å². The molecule has 1 aliphatic rings. The number of nitrogens with zero attached hydrogens (tertiary/aromatic N) is 1. The summed E-state index contributed by atoms with van der Waals surface area (Å²) in [5.74, 6) is 1.22. The van der Waals surface area contributed by atoms with E-state index >= 15 is 0 Å². The van der Waals surface area contributed by atoms with E-state index in [1.807, 2.05) is 6.92 Å². The van der Waals surface area contributed by atoms with E-state index in [0.29, 0.717) is 30.6 Å². The van der Waals surface area contributed by atoms with Gasteiger partial charge in [0.2, 0.25) is 5.91 Å². The van der Waals surface area contributed by atoms with Crippen molar-refractivity contribution in [3.05, 3.63) is 33.9 Å². The molecule has 0 radical (unpaired) electrons. The average molecular weight is 333 g/mol. The first kappa shape index (κ1) is 18.4. The van der Waals surface area contributed by atoms with Crippen molar-refractivity contribution >= 4 is 17.3 Å². The molecule has 0 bridgehead atoms. The fourth-order valence-electron chi connectivity index (χ4n) is 3.31.